The smallest absolute Gasteiger partial charge is 0.150 e. The fourth-order valence-corrected chi connectivity index (χ4v) is 2.96. The molecule has 1 aromatic rings. The van der Waals surface area contributed by atoms with Crippen molar-refractivity contribution in [3.8, 4) is 0 Å². The number of anilines is 1. The Bertz CT molecular complexity index is 426. The summed E-state index contributed by atoms with van der Waals surface area (Å²) in [6.45, 7) is 11.3. The van der Waals surface area contributed by atoms with Crippen LogP contribution < -0.4 is 10.6 Å². The highest BCUT2D eigenvalue weighted by Gasteiger charge is 2.23. The van der Waals surface area contributed by atoms with E-state index >= 15 is 0 Å². The molecule has 20 heavy (non-hydrogen) atoms. The molecule has 1 fully saturated rings. The third-order valence-electron chi connectivity index (χ3n) is 4.15. The van der Waals surface area contributed by atoms with E-state index in [0.717, 1.165) is 56.4 Å². The van der Waals surface area contributed by atoms with Gasteiger partial charge in [-0.2, -0.15) is 0 Å². The molecule has 2 heterocycles. The summed E-state index contributed by atoms with van der Waals surface area (Å²) in [5, 5.41) is 0. The van der Waals surface area contributed by atoms with Crippen LogP contribution in [0.25, 0.3) is 0 Å². The molecule has 0 radical (unpaired) electrons. The van der Waals surface area contributed by atoms with Crippen LogP contribution in [-0.2, 0) is 0 Å². The SMILES string of the molecule is CCC(CCN)N1CCN(c2nc(C)cnc2C)CC1. The topological polar surface area (TPSA) is 58.3 Å². The standard InChI is InChI=1S/C15H27N5/c1-4-14(5-6-16)19-7-9-20(10-8-19)15-13(3)17-11-12(2)18-15/h11,14H,4-10,16H2,1-3H3. The Kier molecular flexibility index (Phi) is 5.31. The minimum Gasteiger partial charge on any atom is -0.353 e. The molecule has 0 spiro atoms. The van der Waals surface area contributed by atoms with E-state index in [1.54, 1.807) is 0 Å². The monoisotopic (exact) mass is 277 g/mol. The van der Waals surface area contributed by atoms with E-state index in [1.807, 2.05) is 20.0 Å². The van der Waals surface area contributed by atoms with Crippen molar-refractivity contribution < 1.29 is 0 Å². The molecule has 0 aliphatic carbocycles. The van der Waals surface area contributed by atoms with Crippen LogP contribution in [0.15, 0.2) is 6.20 Å². The first kappa shape index (κ1) is 15.2. The number of hydrogen-bond acceptors (Lipinski definition) is 5. The second-order valence-corrected chi connectivity index (χ2v) is 5.58. The summed E-state index contributed by atoms with van der Waals surface area (Å²) < 4.78 is 0. The molecule has 0 saturated carbocycles. The van der Waals surface area contributed by atoms with Gasteiger partial charge in [-0.25, -0.2) is 4.98 Å². The predicted octanol–water partition coefficient (Wildman–Crippen LogP) is 1.34. The lowest BCUT2D eigenvalue weighted by atomic mass is 10.1. The van der Waals surface area contributed by atoms with Gasteiger partial charge in [0, 0.05) is 38.4 Å². The fraction of sp³-hybridized carbons (Fsp3) is 0.733. The second-order valence-electron chi connectivity index (χ2n) is 5.58. The second kappa shape index (κ2) is 6.99. The normalized spacial score (nSPS) is 18.3. The van der Waals surface area contributed by atoms with Crippen molar-refractivity contribution in [1.82, 2.24) is 14.9 Å². The van der Waals surface area contributed by atoms with Crippen molar-refractivity contribution in [2.75, 3.05) is 37.6 Å². The molecule has 1 unspecified atom stereocenters. The largest absolute Gasteiger partial charge is 0.353 e. The number of piperazine rings is 1. The molecule has 5 heteroatoms. The molecule has 1 aliphatic rings. The third-order valence-corrected chi connectivity index (χ3v) is 4.15. The van der Waals surface area contributed by atoms with E-state index in [-0.39, 0.29) is 0 Å². The van der Waals surface area contributed by atoms with Gasteiger partial charge in [-0.15, -0.1) is 0 Å². The van der Waals surface area contributed by atoms with Gasteiger partial charge in [-0.05, 0) is 33.2 Å². The Hall–Kier alpha value is -1.20. The Balaban J connectivity index is 1.98. The minimum absolute atomic E-state index is 0.631. The van der Waals surface area contributed by atoms with Crippen LogP contribution >= 0.6 is 0 Å². The van der Waals surface area contributed by atoms with Crippen LogP contribution in [0.1, 0.15) is 31.2 Å². The van der Waals surface area contributed by atoms with Gasteiger partial charge < -0.3 is 10.6 Å². The highest BCUT2D eigenvalue weighted by atomic mass is 15.3. The Morgan fingerprint density at radius 1 is 1.25 bits per heavy atom. The number of hydrogen-bond donors (Lipinski definition) is 1. The van der Waals surface area contributed by atoms with Crippen LogP contribution in [0.4, 0.5) is 5.82 Å². The van der Waals surface area contributed by atoms with Gasteiger partial charge in [0.1, 0.15) is 5.82 Å². The number of aromatic nitrogens is 2. The summed E-state index contributed by atoms with van der Waals surface area (Å²) in [6, 6.07) is 0.631. The zero-order valence-corrected chi connectivity index (χ0v) is 13.0. The maximum Gasteiger partial charge on any atom is 0.150 e. The lowest BCUT2D eigenvalue weighted by molar-refractivity contribution is 0.173. The van der Waals surface area contributed by atoms with Gasteiger partial charge in [0.2, 0.25) is 0 Å². The summed E-state index contributed by atoms with van der Waals surface area (Å²) >= 11 is 0. The molecule has 1 aromatic heterocycles. The van der Waals surface area contributed by atoms with E-state index in [4.69, 9.17) is 5.73 Å². The molecule has 1 saturated heterocycles. The molecule has 112 valence electrons. The zero-order chi connectivity index (χ0) is 14.5. The molecule has 1 atom stereocenters. The molecule has 5 nitrogen and oxygen atoms in total. The lowest BCUT2D eigenvalue weighted by Gasteiger charge is -2.39. The van der Waals surface area contributed by atoms with Crippen LogP contribution in [0.3, 0.4) is 0 Å². The summed E-state index contributed by atoms with van der Waals surface area (Å²) in [7, 11) is 0. The molecule has 0 aromatic carbocycles. The number of rotatable bonds is 5. The first-order valence-corrected chi connectivity index (χ1v) is 7.65. The molecule has 2 rings (SSSR count). The van der Waals surface area contributed by atoms with Crippen LogP contribution in [0.5, 0.6) is 0 Å². The summed E-state index contributed by atoms with van der Waals surface area (Å²) in [5.41, 5.74) is 7.73. The Morgan fingerprint density at radius 3 is 2.55 bits per heavy atom. The van der Waals surface area contributed by atoms with E-state index in [9.17, 15) is 0 Å². The Morgan fingerprint density at radius 2 is 1.95 bits per heavy atom. The van der Waals surface area contributed by atoms with E-state index < -0.39 is 0 Å². The number of aryl methyl sites for hydroxylation is 2. The third kappa shape index (κ3) is 3.46. The highest BCUT2D eigenvalue weighted by Crippen LogP contribution is 2.19. The molecule has 1 aliphatic heterocycles. The van der Waals surface area contributed by atoms with Crippen molar-refractivity contribution in [2.45, 2.75) is 39.7 Å². The van der Waals surface area contributed by atoms with E-state index in [2.05, 4.69) is 26.7 Å². The van der Waals surface area contributed by atoms with Gasteiger partial charge in [0.25, 0.3) is 0 Å². The van der Waals surface area contributed by atoms with Crippen molar-refractivity contribution in [2.24, 2.45) is 5.73 Å². The number of nitrogens with two attached hydrogens (primary N) is 1. The molecule has 0 bridgehead atoms. The highest BCUT2D eigenvalue weighted by molar-refractivity contribution is 5.43. The quantitative estimate of drug-likeness (QED) is 0.880. The van der Waals surface area contributed by atoms with Gasteiger partial charge in [-0.3, -0.25) is 9.88 Å². The zero-order valence-electron chi connectivity index (χ0n) is 13.0. The summed E-state index contributed by atoms with van der Waals surface area (Å²) in [6.07, 6.45) is 4.11. The summed E-state index contributed by atoms with van der Waals surface area (Å²) in [4.78, 5) is 14.0. The van der Waals surface area contributed by atoms with Crippen molar-refractivity contribution >= 4 is 5.82 Å². The first-order valence-electron chi connectivity index (χ1n) is 7.65. The van der Waals surface area contributed by atoms with Crippen LogP contribution in [0.2, 0.25) is 0 Å². The summed E-state index contributed by atoms with van der Waals surface area (Å²) in [5.74, 6) is 1.05. The first-order chi connectivity index (χ1) is 9.65. The minimum atomic E-state index is 0.631. The molecule has 2 N–H and O–H groups in total. The van der Waals surface area contributed by atoms with Gasteiger partial charge >= 0.3 is 0 Å². The van der Waals surface area contributed by atoms with Gasteiger partial charge in [0.15, 0.2) is 0 Å². The van der Waals surface area contributed by atoms with Crippen LogP contribution in [-0.4, -0.2) is 53.6 Å². The van der Waals surface area contributed by atoms with Crippen molar-refractivity contribution in [3.63, 3.8) is 0 Å². The fourth-order valence-electron chi connectivity index (χ4n) is 2.96. The van der Waals surface area contributed by atoms with Crippen LogP contribution in [0, 0.1) is 13.8 Å². The lowest BCUT2D eigenvalue weighted by Crippen LogP contribution is -2.51. The average Bonchev–Trinajstić information content (AvgIpc) is 2.47. The predicted molar refractivity (Wildman–Crippen MR) is 83.0 cm³/mol. The molecular formula is C15H27N5. The van der Waals surface area contributed by atoms with E-state index in [0.29, 0.717) is 6.04 Å². The molecule has 0 amide bonds. The van der Waals surface area contributed by atoms with Gasteiger partial charge in [-0.1, -0.05) is 6.92 Å². The Labute approximate surface area is 122 Å². The average molecular weight is 277 g/mol. The van der Waals surface area contributed by atoms with Crippen molar-refractivity contribution in [3.05, 3.63) is 17.6 Å². The maximum absolute atomic E-state index is 5.71. The van der Waals surface area contributed by atoms with Gasteiger partial charge in [0.05, 0.1) is 11.4 Å². The number of nitrogens with zero attached hydrogens (tertiary/aromatic N) is 4. The van der Waals surface area contributed by atoms with E-state index in [1.165, 1.54) is 6.42 Å². The van der Waals surface area contributed by atoms with Crippen molar-refractivity contribution in [1.29, 1.82) is 0 Å². The maximum atomic E-state index is 5.71. The molecular weight excluding hydrogens is 250 g/mol.